The first kappa shape index (κ1) is 13.1. The number of hydrogen-bond donors (Lipinski definition) is 1. The van der Waals surface area contributed by atoms with Crippen molar-refractivity contribution in [2.45, 2.75) is 32.4 Å². The maximum atomic E-state index is 5.44. The van der Waals surface area contributed by atoms with Crippen molar-refractivity contribution in [1.29, 1.82) is 0 Å². The summed E-state index contributed by atoms with van der Waals surface area (Å²) >= 11 is 3.61. The van der Waals surface area contributed by atoms with Crippen LogP contribution in [0.3, 0.4) is 0 Å². The number of rotatable bonds is 4. The molecule has 0 bridgehead atoms. The summed E-state index contributed by atoms with van der Waals surface area (Å²) < 4.78 is 6.62. The second-order valence-electron chi connectivity index (χ2n) is 4.82. The average molecular weight is 298 g/mol. The second kappa shape index (κ2) is 5.98. The SMILES string of the molecule is CC(N[C@@H](C)c1ccccc1Br)C1CCOC1. The van der Waals surface area contributed by atoms with Crippen LogP contribution in [-0.4, -0.2) is 19.3 Å². The van der Waals surface area contributed by atoms with Gasteiger partial charge < -0.3 is 10.1 Å². The van der Waals surface area contributed by atoms with Gasteiger partial charge in [-0.05, 0) is 37.8 Å². The lowest BCUT2D eigenvalue weighted by Crippen LogP contribution is -2.35. The predicted molar refractivity (Wildman–Crippen MR) is 74.1 cm³/mol. The quantitative estimate of drug-likeness (QED) is 0.918. The first-order chi connectivity index (χ1) is 8.18. The molecule has 0 aliphatic carbocycles. The molecule has 3 heteroatoms. The molecule has 1 aromatic rings. The summed E-state index contributed by atoms with van der Waals surface area (Å²) in [6.45, 7) is 6.29. The van der Waals surface area contributed by atoms with Crippen molar-refractivity contribution in [1.82, 2.24) is 5.32 Å². The summed E-state index contributed by atoms with van der Waals surface area (Å²) in [5, 5.41) is 3.67. The Bertz CT molecular complexity index is 363. The van der Waals surface area contributed by atoms with E-state index in [2.05, 4.69) is 59.4 Å². The molecule has 1 N–H and O–H groups in total. The van der Waals surface area contributed by atoms with Crippen LogP contribution in [0, 0.1) is 5.92 Å². The highest BCUT2D eigenvalue weighted by molar-refractivity contribution is 9.10. The van der Waals surface area contributed by atoms with Gasteiger partial charge in [-0.2, -0.15) is 0 Å². The number of nitrogens with one attached hydrogen (secondary N) is 1. The fourth-order valence-electron chi connectivity index (χ4n) is 2.39. The fourth-order valence-corrected chi connectivity index (χ4v) is 3.02. The molecule has 2 nitrogen and oxygen atoms in total. The molecular weight excluding hydrogens is 278 g/mol. The van der Waals surface area contributed by atoms with Gasteiger partial charge in [0.2, 0.25) is 0 Å². The largest absolute Gasteiger partial charge is 0.381 e. The highest BCUT2D eigenvalue weighted by Crippen LogP contribution is 2.25. The zero-order valence-corrected chi connectivity index (χ0v) is 12.0. The summed E-state index contributed by atoms with van der Waals surface area (Å²) in [6.07, 6.45) is 1.18. The fraction of sp³-hybridized carbons (Fsp3) is 0.571. The Labute approximate surface area is 112 Å². The third-order valence-corrected chi connectivity index (χ3v) is 4.28. The third-order valence-electron chi connectivity index (χ3n) is 3.56. The first-order valence-corrected chi connectivity index (χ1v) is 7.06. The van der Waals surface area contributed by atoms with E-state index in [9.17, 15) is 0 Å². The Hall–Kier alpha value is -0.380. The number of halogens is 1. The molecule has 0 radical (unpaired) electrons. The molecule has 0 saturated carbocycles. The Kier molecular flexibility index (Phi) is 4.60. The minimum Gasteiger partial charge on any atom is -0.381 e. The van der Waals surface area contributed by atoms with Crippen LogP contribution in [0.25, 0.3) is 0 Å². The van der Waals surface area contributed by atoms with E-state index < -0.39 is 0 Å². The monoisotopic (exact) mass is 297 g/mol. The second-order valence-corrected chi connectivity index (χ2v) is 5.68. The molecule has 3 atom stereocenters. The van der Waals surface area contributed by atoms with Crippen LogP contribution < -0.4 is 5.32 Å². The zero-order valence-electron chi connectivity index (χ0n) is 10.4. The van der Waals surface area contributed by atoms with Crippen LogP contribution in [0.5, 0.6) is 0 Å². The Morgan fingerprint density at radius 1 is 1.35 bits per heavy atom. The standard InChI is InChI=1S/C14H20BrNO/c1-10(12-7-8-17-9-12)16-11(2)13-5-3-4-6-14(13)15/h3-6,10-12,16H,7-9H2,1-2H3/t10?,11-,12?/m0/s1. The molecule has 94 valence electrons. The van der Waals surface area contributed by atoms with Crippen molar-refractivity contribution in [3.05, 3.63) is 34.3 Å². The topological polar surface area (TPSA) is 21.3 Å². The van der Waals surface area contributed by atoms with Crippen LogP contribution >= 0.6 is 15.9 Å². The van der Waals surface area contributed by atoms with Crippen molar-refractivity contribution in [3.63, 3.8) is 0 Å². The molecule has 2 unspecified atom stereocenters. The Morgan fingerprint density at radius 2 is 2.12 bits per heavy atom. The first-order valence-electron chi connectivity index (χ1n) is 6.26. The normalized spacial score (nSPS) is 23.6. The molecule has 0 amide bonds. The van der Waals surface area contributed by atoms with Crippen LogP contribution in [0.4, 0.5) is 0 Å². The smallest absolute Gasteiger partial charge is 0.0509 e. The van der Waals surface area contributed by atoms with Crippen molar-refractivity contribution in [3.8, 4) is 0 Å². The molecule has 2 rings (SSSR count). The van der Waals surface area contributed by atoms with Gasteiger partial charge in [0.25, 0.3) is 0 Å². The van der Waals surface area contributed by atoms with Crippen molar-refractivity contribution in [2.24, 2.45) is 5.92 Å². The molecule has 1 fully saturated rings. The van der Waals surface area contributed by atoms with Crippen LogP contribution in [0.1, 0.15) is 31.9 Å². The maximum Gasteiger partial charge on any atom is 0.0509 e. The van der Waals surface area contributed by atoms with E-state index in [0.29, 0.717) is 18.0 Å². The molecule has 0 spiro atoms. The summed E-state index contributed by atoms with van der Waals surface area (Å²) in [5.74, 6) is 0.653. The molecule has 1 aliphatic rings. The van der Waals surface area contributed by atoms with Crippen molar-refractivity contribution < 1.29 is 4.74 Å². The van der Waals surface area contributed by atoms with Crippen molar-refractivity contribution in [2.75, 3.05) is 13.2 Å². The summed E-state index contributed by atoms with van der Waals surface area (Å²) in [6, 6.07) is 9.26. The molecular formula is C14H20BrNO. The van der Waals surface area contributed by atoms with Crippen LogP contribution in [-0.2, 0) is 4.74 Å². The Morgan fingerprint density at radius 3 is 2.76 bits per heavy atom. The van der Waals surface area contributed by atoms with E-state index in [1.54, 1.807) is 0 Å². The minimum absolute atomic E-state index is 0.362. The average Bonchev–Trinajstić information content (AvgIpc) is 2.82. The van der Waals surface area contributed by atoms with Gasteiger partial charge in [0.05, 0.1) is 6.61 Å². The zero-order chi connectivity index (χ0) is 12.3. The number of ether oxygens (including phenoxy) is 1. The van der Waals surface area contributed by atoms with Gasteiger partial charge in [-0.15, -0.1) is 0 Å². The molecule has 1 aliphatic heterocycles. The molecule has 1 aromatic carbocycles. The van der Waals surface area contributed by atoms with Gasteiger partial charge in [-0.1, -0.05) is 34.1 Å². The van der Waals surface area contributed by atoms with E-state index in [0.717, 1.165) is 13.2 Å². The number of benzene rings is 1. The molecule has 1 saturated heterocycles. The Balaban J connectivity index is 1.96. The molecule has 0 aromatic heterocycles. The summed E-state index contributed by atoms with van der Waals surface area (Å²) in [7, 11) is 0. The highest BCUT2D eigenvalue weighted by Gasteiger charge is 2.23. The van der Waals surface area contributed by atoms with Crippen LogP contribution in [0.2, 0.25) is 0 Å². The van der Waals surface area contributed by atoms with E-state index in [1.807, 2.05) is 0 Å². The van der Waals surface area contributed by atoms with E-state index >= 15 is 0 Å². The third kappa shape index (κ3) is 3.30. The van der Waals surface area contributed by atoms with Gasteiger partial charge in [0.1, 0.15) is 0 Å². The van der Waals surface area contributed by atoms with Gasteiger partial charge >= 0.3 is 0 Å². The lowest BCUT2D eigenvalue weighted by molar-refractivity contribution is 0.177. The lowest BCUT2D eigenvalue weighted by atomic mass is 9.98. The summed E-state index contributed by atoms with van der Waals surface area (Å²) in [5.41, 5.74) is 1.32. The summed E-state index contributed by atoms with van der Waals surface area (Å²) in [4.78, 5) is 0. The van der Waals surface area contributed by atoms with Gasteiger partial charge in [0, 0.05) is 23.2 Å². The molecule has 17 heavy (non-hydrogen) atoms. The van der Waals surface area contributed by atoms with Gasteiger partial charge in [-0.25, -0.2) is 0 Å². The van der Waals surface area contributed by atoms with E-state index in [1.165, 1.54) is 16.5 Å². The molecule has 1 heterocycles. The lowest BCUT2D eigenvalue weighted by Gasteiger charge is -2.25. The van der Waals surface area contributed by atoms with Crippen molar-refractivity contribution >= 4 is 15.9 Å². The van der Waals surface area contributed by atoms with Gasteiger partial charge in [0.15, 0.2) is 0 Å². The predicted octanol–water partition coefficient (Wildman–Crippen LogP) is 3.52. The highest BCUT2D eigenvalue weighted by atomic mass is 79.9. The minimum atomic E-state index is 0.362. The van der Waals surface area contributed by atoms with Crippen LogP contribution in [0.15, 0.2) is 28.7 Å². The van der Waals surface area contributed by atoms with E-state index in [4.69, 9.17) is 4.74 Å². The van der Waals surface area contributed by atoms with E-state index in [-0.39, 0.29) is 0 Å². The number of hydrogen-bond acceptors (Lipinski definition) is 2. The van der Waals surface area contributed by atoms with Gasteiger partial charge in [-0.3, -0.25) is 0 Å². The maximum absolute atomic E-state index is 5.44.